The molecule has 200 valence electrons. The van der Waals surface area contributed by atoms with Gasteiger partial charge in [-0.05, 0) is 97.7 Å². The van der Waals surface area contributed by atoms with E-state index in [0.29, 0.717) is 17.4 Å². The molecule has 0 aromatic heterocycles. The number of allylic oxidation sites excluding steroid dienone is 1. The van der Waals surface area contributed by atoms with E-state index in [1.54, 1.807) is 5.57 Å². The number of carbonyl (C=O) groups excluding carboxylic acids is 1. The van der Waals surface area contributed by atoms with Gasteiger partial charge in [-0.1, -0.05) is 88.1 Å². The summed E-state index contributed by atoms with van der Waals surface area (Å²) in [5, 5.41) is 0. The summed E-state index contributed by atoms with van der Waals surface area (Å²) < 4.78 is 12.0. The van der Waals surface area contributed by atoms with Gasteiger partial charge in [-0.3, -0.25) is 0 Å². The van der Waals surface area contributed by atoms with Gasteiger partial charge in [0.15, 0.2) is 0 Å². The third-order valence-corrected chi connectivity index (χ3v) is 11.8. The summed E-state index contributed by atoms with van der Waals surface area (Å²) in [5.74, 6) is 5.19. The second-order valence-corrected chi connectivity index (χ2v) is 14.5. The largest absolute Gasteiger partial charge is 0.508 e. The molecule has 4 aliphatic rings. The molecule has 0 N–H and O–H groups in total. The number of ether oxygens (including phenoxy) is 2. The van der Waals surface area contributed by atoms with Gasteiger partial charge in [-0.25, -0.2) is 4.79 Å². The van der Waals surface area contributed by atoms with Crippen LogP contribution in [0, 0.1) is 46.3 Å². The maximum atomic E-state index is 12.1. The number of rotatable bonds is 9. The molecule has 0 saturated heterocycles. The Balaban J connectivity index is 1.39. The van der Waals surface area contributed by atoms with Gasteiger partial charge in [-0.15, -0.1) is 0 Å². The lowest BCUT2D eigenvalue weighted by atomic mass is 9.47. The molecule has 0 bridgehead atoms. The summed E-state index contributed by atoms with van der Waals surface area (Å²) in [7, 11) is 0. The predicted octanol–water partition coefficient (Wildman–Crippen LogP) is 9.37. The zero-order valence-corrected chi connectivity index (χ0v) is 25.3. The van der Waals surface area contributed by atoms with Gasteiger partial charge in [0.2, 0.25) is 0 Å². The van der Waals surface area contributed by atoms with Crippen molar-refractivity contribution in [2.24, 2.45) is 46.3 Å². The summed E-state index contributed by atoms with van der Waals surface area (Å²) >= 11 is 2.31. The molecule has 4 rings (SSSR count). The minimum absolute atomic E-state index is 0.00520. The lowest BCUT2D eigenvalue weighted by Crippen LogP contribution is -2.51. The van der Waals surface area contributed by atoms with Crippen LogP contribution in [0.5, 0.6) is 0 Å². The highest BCUT2D eigenvalue weighted by Gasteiger charge is 2.59. The molecule has 0 aliphatic heterocycles. The molecule has 0 heterocycles. The summed E-state index contributed by atoms with van der Waals surface area (Å²) in [4.78, 5) is 12.1. The number of hydrogen-bond acceptors (Lipinski definition) is 3. The topological polar surface area (TPSA) is 35.5 Å². The fourth-order valence-corrected chi connectivity index (χ4v) is 9.44. The number of alkyl halides is 1. The first kappa shape index (κ1) is 27.8. The fraction of sp³-hybridized carbons (Fsp3) is 0.903. The molecule has 3 nitrogen and oxygen atoms in total. The zero-order chi connectivity index (χ0) is 25.2. The Bertz CT molecular complexity index is 762. The van der Waals surface area contributed by atoms with Crippen LogP contribution < -0.4 is 0 Å². The second kappa shape index (κ2) is 11.6. The van der Waals surface area contributed by atoms with Gasteiger partial charge in [0.1, 0.15) is 6.10 Å². The minimum atomic E-state index is -0.467. The van der Waals surface area contributed by atoms with Crippen LogP contribution >= 0.6 is 22.6 Å². The van der Waals surface area contributed by atoms with Crippen LogP contribution in [0.2, 0.25) is 0 Å². The molecule has 0 radical (unpaired) electrons. The summed E-state index contributed by atoms with van der Waals surface area (Å²) in [5.41, 5.74) is 2.42. The minimum Gasteiger partial charge on any atom is -0.434 e. The predicted molar refractivity (Wildman–Crippen MR) is 153 cm³/mol. The number of halogens is 1. The first-order chi connectivity index (χ1) is 16.7. The normalized spacial score (nSPS) is 39.3. The van der Waals surface area contributed by atoms with Crippen LogP contribution in [0.1, 0.15) is 112 Å². The van der Waals surface area contributed by atoms with Gasteiger partial charge >= 0.3 is 6.16 Å². The third kappa shape index (κ3) is 5.77. The van der Waals surface area contributed by atoms with E-state index < -0.39 is 6.16 Å². The van der Waals surface area contributed by atoms with Crippen LogP contribution in [0.15, 0.2) is 11.6 Å². The second-order valence-electron chi connectivity index (χ2n) is 13.4. The molecule has 8 atom stereocenters. The van der Waals surface area contributed by atoms with Crippen LogP contribution in [-0.4, -0.2) is 23.3 Å². The lowest BCUT2D eigenvalue weighted by molar-refractivity contribution is -0.0616. The quantitative estimate of drug-likeness (QED) is 0.0872. The Hall–Kier alpha value is -0.260. The molecule has 4 heteroatoms. The van der Waals surface area contributed by atoms with Crippen molar-refractivity contribution in [1.82, 2.24) is 0 Å². The van der Waals surface area contributed by atoms with Crippen molar-refractivity contribution in [2.75, 3.05) is 11.0 Å². The molecular formula is C31H51IO3. The van der Waals surface area contributed by atoms with Crippen molar-refractivity contribution in [2.45, 2.75) is 118 Å². The van der Waals surface area contributed by atoms with E-state index >= 15 is 0 Å². The van der Waals surface area contributed by atoms with E-state index in [-0.39, 0.29) is 6.10 Å². The van der Waals surface area contributed by atoms with Crippen LogP contribution in [0.4, 0.5) is 4.79 Å². The maximum Gasteiger partial charge on any atom is 0.508 e. The van der Waals surface area contributed by atoms with Crippen molar-refractivity contribution in [3.63, 3.8) is 0 Å². The highest BCUT2D eigenvalue weighted by atomic mass is 127. The first-order valence-electron chi connectivity index (χ1n) is 14.8. The maximum absolute atomic E-state index is 12.1. The van der Waals surface area contributed by atoms with Gasteiger partial charge in [0, 0.05) is 10.8 Å². The number of hydrogen-bond donors (Lipinski definition) is 0. The SMILES string of the molecule is CC(C)CCCC(C)C1CCC2C3CC=C4CC(OC(=O)OCCCI)CCC4(C)C3CCC12C. The zero-order valence-electron chi connectivity index (χ0n) is 23.1. The molecule has 3 fully saturated rings. The third-order valence-electron chi connectivity index (χ3n) is 11.0. The van der Waals surface area contributed by atoms with Crippen molar-refractivity contribution in [3.05, 3.63) is 11.6 Å². The van der Waals surface area contributed by atoms with E-state index in [4.69, 9.17) is 9.47 Å². The molecule has 8 unspecified atom stereocenters. The number of carbonyl (C=O) groups is 1. The van der Waals surface area contributed by atoms with E-state index in [9.17, 15) is 4.79 Å². The van der Waals surface area contributed by atoms with Gasteiger partial charge in [0.05, 0.1) is 6.61 Å². The molecule has 4 aliphatic carbocycles. The summed E-state index contributed by atoms with van der Waals surface area (Å²) in [6, 6.07) is 0. The fourth-order valence-electron chi connectivity index (χ4n) is 9.13. The molecule has 0 aromatic rings. The van der Waals surface area contributed by atoms with Crippen molar-refractivity contribution in [1.29, 1.82) is 0 Å². The number of fused-ring (bicyclic) bond motifs is 5. The monoisotopic (exact) mass is 598 g/mol. The highest BCUT2D eigenvalue weighted by molar-refractivity contribution is 14.1. The average molecular weight is 599 g/mol. The Kier molecular flexibility index (Phi) is 9.23. The van der Waals surface area contributed by atoms with Crippen LogP contribution in [-0.2, 0) is 9.47 Å². The Morgan fingerprint density at radius 1 is 1.06 bits per heavy atom. The van der Waals surface area contributed by atoms with Crippen LogP contribution in [0.3, 0.4) is 0 Å². The standard InChI is InChI=1S/C31H51IO3/c1-21(2)8-6-9-22(3)26-12-13-27-25-11-10-23-20-24(35-29(33)34-19-7-18-32)14-16-30(23,4)28(25)15-17-31(26,27)5/h10,21-22,24-28H,6-9,11-20H2,1-5H3. The van der Waals surface area contributed by atoms with Gasteiger partial charge in [-0.2, -0.15) is 0 Å². The molecular weight excluding hydrogens is 547 g/mol. The Labute approximate surface area is 229 Å². The average Bonchev–Trinajstić information content (AvgIpc) is 3.16. The molecule has 0 amide bonds. The van der Waals surface area contributed by atoms with E-state index in [2.05, 4.69) is 63.3 Å². The molecule has 0 aromatic carbocycles. The van der Waals surface area contributed by atoms with Crippen molar-refractivity contribution >= 4 is 28.7 Å². The van der Waals surface area contributed by atoms with Gasteiger partial charge < -0.3 is 9.47 Å². The molecule has 0 spiro atoms. The molecule has 3 saturated carbocycles. The first-order valence-corrected chi connectivity index (χ1v) is 16.3. The van der Waals surface area contributed by atoms with E-state index in [1.807, 2.05) is 0 Å². The van der Waals surface area contributed by atoms with Crippen LogP contribution in [0.25, 0.3) is 0 Å². The Morgan fingerprint density at radius 3 is 2.60 bits per heavy atom. The van der Waals surface area contributed by atoms with E-state index in [1.165, 1.54) is 51.4 Å². The summed E-state index contributed by atoms with van der Waals surface area (Å²) in [6.45, 7) is 13.0. The molecule has 35 heavy (non-hydrogen) atoms. The van der Waals surface area contributed by atoms with E-state index in [0.717, 1.165) is 65.6 Å². The summed E-state index contributed by atoms with van der Waals surface area (Å²) in [6.07, 6.45) is 17.2. The Morgan fingerprint density at radius 2 is 1.86 bits per heavy atom. The lowest BCUT2D eigenvalue weighted by Gasteiger charge is -2.58. The smallest absolute Gasteiger partial charge is 0.434 e. The van der Waals surface area contributed by atoms with Gasteiger partial charge in [0.25, 0.3) is 0 Å². The van der Waals surface area contributed by atoms with Crippen molar-refractivity contribution in [3.8, 4) is 0 Å². The highest BCUT2D eigenvalue weighted by Crippen LogP contribution is 2.67. The van der Waals surface area contributed by atoms with Crippen molar-refractivity contribution < 1.29 is 14.3 Å².